The van der Waals surface area contributed by atoms with Crippen molar-refractivity contribution in [2.45, 2.75) is 11.3 Å². The van der Waals surface area contributed by atoms with Gasteiger partial charge in [-0.3, -0.25) is 0 Å². The second kappa shape index (κ2) is 7.44. The lowest BCUT2D eigenvalue weighted by molar-refractivity contribution is 0.602. The fourth-order valence-corrected chi connectivity index (χ4v) is 4.44. The molecule has 0 amide bonds. The van der Waals surface area contributed by atoms with Crippen molar-refractivity contribution in [1.82, 2.24) is 15.3 Å². The zero-order valence-electron chi connectivity index (χ0n) is 14.1. The number of fused-ring (bicyclic) bond motifs is 1. The summed E-state index contributed by atoms with van der Waals surface area (Å²) in [5.74, 6) is 0. The zero-order chi connectivity index (χ0) is 17.4. The molecule has 0 bridgehead atoms. The van der Waals surface area contributed by atoms with Gasteiger partial charge in [-0.15, -0.1) is 12.4 Å². The molecule has 26 heavy (non-hydrogen) atoms. The first kappa shape index (κ1) is 19.0. The van der Waals surface area contributed by atoms with E-state index in [0.717, 1.165) is 46.1 Å². The number of nitrogens with zero attached hydrogens (tertiary/aromatic N) is 2. The van der Waals surface area contributed by atoms with E-state index in [1.54, 1.807) is 35.6 Å². The number of hydrogen-bond acceptors (Lipinski definition) is 6. The molecule has 5 nitrogen and oxygen atoms in total. The molecule has 1 aliphatic heterocycles. The van der Waals surface area contributed by atoms with Crippen molar-refractivity contribution in [3.05, 3.63) is 47.5 Å². The summed E-state index contributed by atoms with van der Waals surface area (Å²) in [6.45, 7) is 1.86. The summed E-state index contributed by atoms with van der Waals surface area (Å²) in [7, 11) is -3.19. The Hall–Kier alpha value is -1.80. The van der Waals surface area contributed by atoms with Crippen LogP contribution in [0.5, 0.6) is 0 Å². The Bertz CT molecular complexity index is 1070. The summed E-state index contributed by atoms with van der Waals surface area (Å²) < 4.78 is 23.2. The highest BCUT2D eigenvalue weighted by Gasteiger charge is 2.13. The Balaban J connectivity index is 0.00000196. The van der Waals surface area contributed by atoms with Gasteiger partial charge in [-0.25, -0.2) is 18.4 Å². The first-order valence-electron chi connectivity index (χ1n) is 7.99. The third kappa shape index (κ3) is 3.81. The monoisotopic (exact) mass is 407 g/mol. The van der Waals surface area contributed by atoms with E-state index < -0.39 is 9.84 Å². The number of thiazole rings is 1. The van der Waals surface area contributed by atoms with E-state index in [-0.39, 0.29) is 12.4 Å². The molecule has 3 aromatic rings. The minimum absolute atomic E-state index is 0. The first-order chi connectivity index (χ1) is 12.0. The van der Waals surface area contributed by atoms with Crippen molar-refractivity contribution in [3.8, 4) is 11.3 Å². The van der Waals surface area contributed by atoms with Crippen molar-refractivity contribution in [3.63, 3.8) is 0 Å². The molecule has 0 spiro atoms. The molecule has 0 radical (unpaired) electrons. The molecule has 0 fully saturated rings. The number of pyridine rings is 1. The van der Waals surface area contributed by atoms with Gasteiger partial charge >= 0.3 is 0 Å². The van der Waals surface area contributed by atoms with Gasteiger partial charge in [0.15, 0.2) is 9.84 Å². The van der Waals surface area contributed by atoms with E-state index in [9.17, 15) is 8.42 Å². The van der Waals surface area contributed by atoms with E-state index in [1.165, 1.54) is 11.8 Å². The van der Waals surface area contributed by atoms with Gasteiger partial charge in [-0.1, -0.05) is 29.5 Å². The maximum absolute atomic E-state index is 11.6. The smallest absolute Gasteiger partial charge is 0.175 e. The van der Waals surface area contributed by atoms with Crippen LogP contribution in [-0.2, 0) is 9.84 Å². The highest BCUT2D eigenvalue weighted by Crippen LogP contribution is 2.30. The molecule has 0 aliphatic carbocycles. The van der Waals surface area contributed by atoms with Crippen LogP contribution in [0.25, 0.3) is 27.2 Å². The van der Waals surface area contributed by atoms with Gasteiger partial charge in [0, 0.05) is 18.4 Å². The Morgan fingerprint density at radius 2 is 1.85 bits per heavy atom. The summed E-state index contributed by atoms with van der Waals surface area (Å²) in [5, 5.41) is 4.34. The van der Waals surface area contributed by atoms with Crippen LogP contribution < -0.4 is 5.32 Å². The SMILES string of the molecule is CS(=O)(=O)c1ccc(-c2ccc3nc(C4=CCNCC4)sc3n2)cc1.Cl. The van der Waals surface area contributed by atoms with Gasteiger partial charge in [0.2, 0.25) is 0 Å². The van der Waals surface area contributed by atoms with E-state index >= 15 is 0 Å². The van der Waals surface area contributed by atoms with Crippen molar-refractivity contribution < 1.29 is 8.42 Å². The van der Waals surface area contributed by atoms with E-state index in [2.05, 4.69) is 11.4 Å². The predicted molar refractivity (Wildman–Crippen MR) is 109 cm³/mol. The van der Waals surface area contributed by atoms with Crippen molar-refractivity contribution in [2.75, 3.05) is 19.3 Å². The summed E-state index contributed by atoms with van der Waals surface area (Å²) >= 11 is 1.61. The van der Waals surface area contributed by atoms with Crippen LogP contribution in [0.1, 0.15) is 11.4 Å². The van der Waals surface area contributed by atoms with Crippen LogP contribution in [0.15, 0.2) is 47.4 Å². The van der Waals surface area contributed by atoms with Gasteiger partial charge in [-0.2, -0.15) is 0 Å². The van der Waals surface area contributed by atoms with Gasteiger partial charge in [0.25, 0.3) is 0 Å². The lowest BCUT2D eigenvalue weighted by Gasteiger charge is -2.10. The van der Waals surface area contributed by atoms with Gasteiger partial charge in [0.1, 0.15) is 15.4 Å². The third-order valence-corrected chi connectivity index (χ3v) is 6.34. The molecule has 0 saturated heterocycles. The molecule has 4 rings (SSSR count). The van der Waals surface area contributed by atoms with Gasteiger partial charge in [0.05, 0.1) is 10.6 Å². The minimum Gasteiger partial charge on any atom is -0.313 e. The Morgan fingerprint density at radius 1 is 1.08 bits per heavy atom. The molecule has 1 aliphatic rings. The summed E-state index contributed by atoms with van der Waals surface area (Å²) in [5.41, 5.74) is 3.89. The zero-order valence-corrected chi connectivity index (χ0v) is 16.5. The molecule has 8 heteroatoms. The van der Waals surface area contributed by atoms with Crippen molar-refractivity contribution in [2.24, 2.45) is 0 Å². The number of aromatic nitrogens is 2. The van der Waals surface area contributed by atoms with Crippen LogP contribution in [0, 0.1) is 0 Å². The Kier molecular flexibility index (Phi) is 5.43. The lowest BCUT2D eigenvalue weighted by Crippen LogP contribution is -2.19. The fourth-order valence-electron chi connectivity index (χ4n) is 2.80. The van der Waals surface area contributed by atoms with Crippen molar-refractivity contribution in [1.29, 1.82) is 0 Å². The van der Waals surface area contributed by atoms with Crippen LogP contribution >= 0.6 is 23.7 Å². The molecular formula is C18H18ClN3O2S2. The molecule has 136 valence electrons. The number of halogens is 1. The molecule has 0 unspecified atom stereocenters. The molecule has 2 aromatic heterocycles. The maximum atomic E-state index is 11.6. The number of benzene rings is 1. The summed E-state index contributed by atoms with van der Waals surface area (Å²) in [6.07, 6.45) is 4.38. The average Bonchev–Trinajstić information content (AvgIpc) is 3.05. The number of hydrogen-bond donors (Lipinski definition) is 1. The number of nitrogens with one attached hydrogen (secondary N) is 1. The van der Waals surface area contributed by atoms with E-state index in [1.807, 2.05) is 12.1 Å². The summed E-state index contributed by atoms with van der Waals surface area (Å²) in [6, 6.07) is 10.7. The fraction of sp³-hybridized carbons (Fsp3) is 0.222. The number of sulfone groups is 1. The Morgan fingerprint density at radius 3 is 2.50 bits per heavy atom. The highest BCUT2D eigenvalue weighted by atomic mass is 35.5. The minimum atomic E-state index is -3.19. The molecule has 0 saturated carbocycles. The second-order valence-corrected chi connectivity index (χ2v) is 9.01. The van der Waals surface area contributed by atoms with Crippen LogP contribution in [0.2, 0.25) is 0 Å². The molecule has 0 atom stereocenters. The number of rotatable bonds is 3. The molecule has 3 heterocycles. The standard InChI is InChI=1S/C18H17N3O2S2.ClH/c1-25(22,23)14-4-2-12(3-5-14)15-6-7-16-18(20-15)24-17(21-16)13-8-10-19-11-9-13;/h2-8,19H,9-11H2,1H3;1H. The predicted octanol–water partition coefficient (Wildman–Crippen LogP) is 3.56. The van der Waals surface area contributed by atoms with E-state index in [0.29, 0.717) is 4.90 Å². The highest BCUT2D eigenvalue weighted by molar-refractivity contribution is 7.90. The third-order valence-electron chi connectivity index (χ3n) is 4.17. The molecule has 1 N–H and O–H groups in total. The van der Waals surface area contributed by atoms with Crippen molar-refractivity contribution >= 4 is 49.5 Å². The Labute approximate surface area is 162 Å². The van der Waals surface area contributed by atoms with Gasteiger partial charge in [-0.05, 0) is 42.8 Å². The average molecular weight is 408 g/mol. The topological polar surface area (TPSA) is 72.0 Å². The summed E-state index contributed by atoms with van der Waals surface area (Å²) in [4.78, 5) is 10.6. The normalized spacial score (nSPS) is 14.7. The maximum Gasteiger partial charge on any atom is 0.175 e. The second-order valence-electron chi connectivity index (χ2n) is 6.02. The van der Waals surface area contributed by atoms with E-state index in [4.69, 9.17) is 9.97 Å². The largest absolute Gasteiger partial charge is 0.313 e. The van der Waals surface area contributed by atoms with Crippen LogP contribution in [0.4, 0.5) is 0 Å². The quantitative estimate of drug-likeness (QED) is 0.718. The first-order valence-corrected chi connectivity index (χ1v) is 10.7. The molecular weight excluding hydrogens is 390 g/mol. The van der Waals surface area contributed by atoms with Crippen LogP contribution in [-0.4, -0.2) is 37.7 Å². The van der Waals surface area contributed by atoms with Gasteiger partial charge < -0.3 is 5.32 Å². The molecule has 1 aromatic carbocycles. The lowest BCUT2D eigenvalue weighted by atomic mass is 10.1. The van der Waals surface area contributed by atoms with Crippen LogP contribution in [0.3, 0.4) is 0 Å².